The molecule has 1 amide bonds. The second-order valence-corrected chi connectivity index (χ2v) is 8.46. The average Bonchev–Trinajstić information content (AvgIpc) is 2.99. The highest BCUT2D eigenvalue weighted by Crippen LogP contribution is 2.39. The summed E-state index contributed by atoms with van der Waals surface area (Å²) in [5.74, 6) is -0.514. The van der Waals surface area contributed by atoms with Crippen LogP contribution in [0.25, 0.3) is 10.2 Å². The summed E-state index contributed by atoms with van der Waals surface area (Å²) in [5.41, 5.74) is 0.987. The first-order valence-electron chi connectivity index (χ1n) is 8.83. The van der Waals surface area contributed by atoms with Gasteiger partial charge in [0.15, 0.2) is 0 Å². The Morgan fingerprint density at radius 1 is 1.37 bits per heavy atom. The van der Waals surface area contributed by atoms with E-state index in [1.165, 1.54) is 18.4 Å². The van der Waals surface area contributed by atoms with Crippen molar-refractivity contribution in [2.75, 3.05) is 20.3 Å². The molecule has 0 aliphatic carbocycles. The van der Waals surface area contributed by atoms with Gasteiger partial charge in [-0.3, -0.25) is 4.98 Å². The number of methoxy groups -OCH3 is 1. The molecule has 3 heterocycles. The highest BCUT2D eigenvalue weighted by molar-refractivity contribution is 7.21. The maximum absolute atomic E-state index is 12.4. The van der Waals surface area contributed by atoms with Gasteiger partial charge in [-0.05, 0) is 39.3 Å². The molecule has 2 aromatic rings. The molecule has 0 aromatic carbocycles. The van der Waals surface area contributed by atoms with Gasteiger partial charge in [0.1, 0.15) is 10.5 Å². The van der Waals surface area contributed by atoms with E-state index >= 15 is 0 Å². The molecule has 1 aliphatic rings. The minimum absolute atomic E-state index is 0.121. The highest BCUT2D eigenvalue weighted by Gasteiger charge is 2.35. The van der Waals surface area contributed by atoms with Crippen LogP contribution in [-0.2, 0) is 14.2 Å². The molecule has 7 nitrogen and oxygen atoms in total. The number of hydrogen-bond acceptors (Lipinski definition) is 7. The van der Waals surface area contributed by atoms with E-state index in [1.54, 1.807) is 6.20 Å². The number of nitrogens with zero attached hydrogens (tertiary/aromatic N) is 1. The van der Waals surface area contributed by atoms with Gasteiger partial charge in [0, 0.05) is 24.3 Å². The summed E-state index contributed by atoms with van der Waals surface area (Å²) in [4.78, 5) is 29.7. The van der Waals surface area contributed by atoms with Gasteiger partial charge in [0.25, 0.3) is 0 Å². The van der Waals surface area contributed by atoms with Crippen LogP contribution in [0, 0.1) is 0 Å². The molecule has 1 N–H and O–H groups in total. The Morgan fingerprint density at radius 2 is 2.15 bits per heavy atom. The fourth-order valence-corrected chi connectivity index (χ4v) is 4.37. The van der Waals surface area contributed by atoms with Crippen molar-refractivity contribution in [3.05, 3.63) is 28.8 Å². The van der Waals surface area contributed by atoms with Crippen LogP contribution in [0.15, 0.2) is 18.3 Å². The first-order chi connectivity index (χ1) is 12.8. The van der Waals surface area contributed by atoms with Crippen molar-refractivity contribution in [2.45, 2.75) is 44.8 Å². The van der Waals surface area contributed by atoms with Gasteiger partial charge in [0.05, 0.1) is 30.0 Å². The number of ether oxygens (including phenoxy) is 3. The predicted octanol–water partition coefficient (Wildman–Crippen LogP) is 3.48. The Bertz CT molecular complexity index is 842. The molecule has 27 heavy (non-hydrogen) atoms. The van der Waals surface area contributed by atoms with E-state index in [9.17, 15) is 9.59 Å². The van der Waals surface area contributed by atoms with E-state index in [1.807, 2.05) is 32.9 Å². The lowest BCUT2D eigenvalue weighted by Gasteiger charge is -2.33. The van der Waals surface area contributed by atoms with Crippen LogP contribution in [-0.4, -0.2) is 49.0 Å². The van der Waals surface area contributed by atoms with Gasteiger partial charge in [-0.15, -0.1) is 11.3 Å². The van der Waals surface area contributed by atoms with E-state index in [0.717, 1.165) is 15.8 Å². The lowest BCUT2D eigenvalue weighted by Crippen LogP contribution is -2.47. The fraction of sp³-hybridized carbons (Fsp3) is 0.526. The van der Waals surface area contributed by atoms with Crippen LogP contribution in [0.4, 0.5) is 4.79 Å². The number of carbonyl (C=O) groups is 2. The zero-order chi connectivity index (χ0) is 19.6. The molecular weight excluding hydrogens is 368 g/mol. The van der Waals surface area contributed by atoms with E-state index in [4.69, 9.17) is 14.2 Å². The third-order valence-corrected chi connectivity index (χ3v) is 5.42. The number of nitrogens with one attached hydrogen (secondary N) is 1. The topological polar surface area (TPSA) is 86.8 Å². The Balaban J connectivity index is 1.97. The normalized spacial score (nSPS) is 20.3. The lowest BCUT2D eigenvalue weighted by atomic mass is 9.87. The number of fused-ring (bicyclic) bond motifs is 1. The van der Waals surface area contributed by atoms with Gasteiger partial charge < -0.3 is 19.5 Å². The monoisotopic (exact) mass is 392 g/mol. The second kappa shape index (κ2) is 7.82. The number of carbonyl (C=O) groups excluding carboxylic acids is 2. The van der Waals surface area contributed by atoms with Crippen LogP contribution >= 0.6 is 11.3 Å². The number of rotatable bonds is 3. The predicted molar refractivity (Wildman–Crippen MR) is 102 cm³/mol. The highest BCUT2D eigenvalue weighted by atomic mass is 32.1. The third kappa shape index (κ3) is 4.39. The van der Waals surface area contributed by atoms with Crippen molar-refractivity contribution in [1.29, 1.82) is 0 Å². The molecule has 1 saturated heterocycles. The molecule has 146 valence electrons. The molecule has 0 bridgehead atoms. The molecule has 2 atom stereocenters. The Hall–Kier alpha value is -2.19. The van der Waals surface area contributed by atoms with Crippen molar-refractivity contribution in [3.8, 4) is 0 Å². The molecule has 0 spiro atoms. The Kier molecular flexibility index (Phi) is 5.67. The summed E-state index contributed by atoms with van der Waals surface area (Å²) >= 11 is 1.36. The lowest BCUT2D eigenvalue weighted by molar-refractivity contribution is 0.0291. The maximum Gasteiger partial charge on any atom is 0.407 e. The summed E-state index contributed by atoms with van der Waals surface area (Å²) in [5, 5.41) is 2.90. The first kappa shape index (κ1) is 19.6. The van der Waals surface area contributed by atoms with Gasteiger partial charge >= 0.3 is 12.1 Å². The molecule has 3 rings (SSSR count). The number of alkyl carbamates (subject to hydrolysis) is 1. The molecular formula is C19H24N2O5S. The maximum atomic E-state index is 12.4. The molecule has 1 fully saturated rings. The molecule has 2 unspecified atom stereocenters. The molecule has 8 heteroatoms. The van der Waals surface area contributed by atoms with Crippen molar-refractivity contribution >= 4 is 33.6 Å². The molecule has 0 radical (unpaired) electrons. The Morgan fingerprint density at radius 3 is 2.85 bits per heavy atom. The van der Waals surface area contributed by atoms with Crippen molar-refractivity contribution in [1.82, 2.24) is 10.3 Å². The average molecular weight is 392 g/mol. The fourth-order valence-electron chi connectivity index (χ4n) is 3.22. The minimum Gasteiger partial charge on any atom is -0.465 e. The number of amides is 1. The zero-order valence-corrected chi connectivity index (χ0v) is 16.7. The van der Waals surface area contributed by atoms with E-state index in [0.29, 0.717) is 24.5 Å². The minimum atomic E-state index is -0.594. The van der Waals surface area contributed by atoms with Gasteiger partial charge in [-0.2, -0.15) is 0 Å². The van der Waals surface area contributed by atoms with Crippen LogP contribution in [0.3, 0.4) is 0 Å². The summed E-state index contributed by atoms with van der Waals surface area (Å²) in [6, 6.07) is 3.44. The number of hydrogen-bond donors (Lipinski definition) is 1. The number of pyridine rings is 1. The first-order valence-corrected chi connectivity index (χ1v) is 9.65. The molecule has 0 saturated carbocycles. The standard InChI is InChI=1S/C19H24N2O5S/c1-19(2,3)26-18(23)21-12-10-25-9-7-11(12)14-15-13(6-5-8-20-15)27-16(14)17(22)24-4/h5-6,8,11-12H,7,9-10H2,1-4H3,(H,21,23). The van der Waals surface area contributed by atoms with Gasteiger partial charge in [-0.25, -0.2) is 9.59 Å². The summed E-state index contributed by atoms with van der Waals surface area (Å²) < 4.78 is 16.9. The van der Waals surface area contributed by atoms with Crippen molar-refractivity contribution in [3.63, 3.8) is 0 Å². The van der Waals surface area contributed by atoms with Crippen LogP contribution in [0.2, 0.25) is 0 Å². The van der Waals surface area contributed by atoms with Crippen LogP contribution in [0.5, 0.6) is 0 Å². The Labute approximate surface area is 162 Å². The zero-order valence-electron chi connectivity index (χ0n) is 15.9. The number of aromatic nitrogens is 1. The van der Waals surface area contributed by atoms with Crippen LogP contribution < -0.4 is 5.32 Å². The summed E-state index contributed by atoms with van der Waals surface area (Å²) in [7, 11) is 1.37. The smallest absolute Gasteiger partial charge is 0.407 e. The second-order valence-electron chi connectivity index (χ2n) is 7.41. The van der Waals surface area contributed by atoms with E-state index in [-0.39, 0.29) is 12.0 Å². The number of esters is 1. The quantitative estimate of drug-likeness (QED) is 0.805. The van der Waals surface area contributed by atoms with Gasteiger partial charge in [-0.1, -0.05) is 0 Å². The van der Waals surface area contributed by atoms with E-state index in [2.05, 4.69) is 10.3 Å². The molecule has 1 aliphatic heterocycles. The summed E-state index contributed by atoms with van der Waals surface area (Å²) in [6.45, 7) is 6.32. The van der Waals surface area contributed by atoms with Crippen molar-refractivity contribution < 1.29 is 23.8 Å². The SMILES string of the molecule is COC(=O)c1sc2cccnc2c1C1CCOCC1NC(=O)OC(C)(C)C. The van der Waals surface area contributed by atoms with Gasteiger partial charge in [0.2, 0.25) is 0 Å². The summed E-state index contributed by atoms with van der Waals surface area (Å²) in [6.07, 6.45) is 1.86. The number of thiophene rings is 1. The molecule has 2 aromatic heterocycles. The van der Waals surface area contributed by atoms with E-state index < -0.39 is 17.7 Å². The third-order valence-electron chi connectivity index (χ3n) is 4.28. The largest absolute Gasteiger partial charge is 0.465 e. The van der Waals surface area contributed by atoms with Crippen molar-refractivity contribution in [2.24, 2.45) is 0 Å². The van der Waals surface area contributed by atoms with Crippen LogP contribution in [0.1, 0.15) is 48.3 Å².